The van der Waals surface area contributed by atoms with Crippen molar-refractivity contribution in [3.05, 3.63) is 124 Å². The standard InChI is InChI=1S/C31H19F2N3O2/c32-20-9-5-18(6-10-20)23-15-24(19-7-11-21(33)12-8-19)31-30-22(23)13-14-29(37)36(30)16-27-28(17-38-31)35-26-4-2-1-3-25(26)34-27/h1-15H,16-17H2. The molecule has 1 aliphatic heterocycles. The van der Waals surface area contributed by atoms with Crippen molar-refractivity contribution in [2.75, 3.05) is 0 Å². The van der Waals surface area contributed by atoms with Crippen LogP contribution in [0, 0.1) is 11.6 Å². The summed E-state index contributed by atoms with van der Waals surface area (Å²) in [5, 5.41) is 0.772. The molecule has 0 N–H and O–H groups in total. The predicted octanol–water partition coefficient (Wildman–Crippen LogP) is 6.50. The highest BCUT2D eigenvalue weighted by Gasteiger charge is 2.24. The van der Waals surface area contributed by atoms with Gasteiger partial charge in [-0.1, -0.05) is 36.4 Å². The van der Waals surface area contributed by atoms with Crippen LogP contribution in [0.15, 0.2) is 95.8 Å². The van der Waals surface area contributed by atoms with E-state index in [2.05, 4.69) is 0 Å². The summed E-state index contributed by atoms with van der Waals surface area (Å²) in [6.45, 7) is 0.352. The summed E-state index contributed by atoms with van der Waals surface area (Å²) in [5.74, 6) is -0.203. The van der Waals surface area contributed by atoms with Gasteiger partial charge in [0, 0.05) is 17.0 Å². The Morgan fingerprint density at radius 3 is 1.97 bits per heavy atom. The molecule has 5 nitrogen and oxygen atoms in total. The molecule has 0 unspecified atom stereocenters. The Bertz CT molecular complexity index is 1930. The first-order valence-corrected chi connectivity index (χ1v) is 12.1. The Morgan fingerprint density at radius 1 is 0.711 bits per heavy atom. The van der Waals surface area contributed by atoms with E-state index in [1.54, 1.807) is 34.9 Å². The number of pyridine rings is 1. The lowest BCUT2D eigenvalue weighted by molar-refractivity contribution is 0.300. The van der Waals surface area contributed by atoms with Gasteiger partial charge in [-0.3, -0.25) is 9.36 Å². The van der Waals surface area contributed by atoms with E-state index >= 15 is 0 Å². The molecule has 7 heteroatoms. The maximum atomic E-state index is 13.8. The minimum Gasteiger partial charge on any atom is -0.484 e. The number of rotatable bonds is 2. The van der Waals surface area contributed by atoms with E-state index in [9.17, 15) is 13.6 Å². The van der Waals surface area contributed by atoms with Crippen LogP contribution >= 0.6 is 0 Å². The largest absolute Gasteiger partial charge is 0.484 e. The molecule has 0 saturated heterocycles. The van der Waals surface area contributed by atoms with Crippen molar-refractivity contribution < 1.29 is 13.5 Å². The zero-order valence-corrected chi connectivity index (χ0v) is 20.0. The Morgan fingerprint density at radius 2 is 1.32 bits per heavy atom. The molecule has 0 spiro atoms. The quantitative estimate of drug-likeness (QED) is 0.271. The second-order valence-electron chi connectivity index (χ2n) is 9.23. The normalized spacial score (nSPS) is 12.6. The molecule has 0 amide bonds. The van der Waals surface area contributed by atoms with Gasteiger partial charge in [0.25, 0.3) is 5.56 Å². The summed E-state index contributed by atoms with van der Waals surface area (Å²) >= 11 is 0. The molecule has 1 aliphatic rings. The van der Waals surface area contributed by atoms with Gasteiger partial charge in [-0.15, -0.1) is 0 Å². The van der Waals surface area contributed by atoms with Gasteiger partial charge >= 0.3 is 0 Å². The van der Waals surface area contributed by atoms with Crippen LogP contribution in [0.25, 0.3) is 44.2 Å². The molecule has 0 bridgehead atoms. The molecule has 0 aliphatic carbocycles. The molecule has 2 aromatic heterocycles. The van der Waals surface area contributed by atoms with Crippen molar-refractivity contribution in [3.63, 3.8) is 0 Å². The summed E-state index contributed by atoms with van der Waals surface area (Å²) < 4.78 is 35.7. The number of ether oxygens (including phenoxy) is 1. The van der Waals surface area contributed by atoms with Crippen molar-refractivity contribution in [2.45, 2.75) is 13.2 Å². The molecule has 0 saturated carbocycles. The number of aromatic nitrogens is 3. The minimum atomic E-state index is -0.357. The molecule has 0 fully saturated rings. The van der Waals surface area contributed by atoms with E-state index in [0.717, 1.165) is 33.1 Å². The third-order valence-corrected chi connectivity index (χ3v) is 6.92. The Balaban J connectivity index is 1.56. The number of benzene rings is 4. The van der Waals surface area contributed by atoms with Crippen LogP contribution in [-0.2, 0) is 13.2 Å². The van der Waals surface area contributed by atoms with Crippen LogP contribution in [0.1, 0.15) is 11.4 Å². The molecule has 6 aromatic rings. The highest BCUT2D eigenvalue weighted by atomic mass is 19.1. The topological polar surface area (TPSA) is 57.0 Å². The first kappa shape index (κ1) is 22.3. The summed E-state index contributed by atoms with van der Waals surface area (Å²) in [6, 6.07) is 25.1. The highest BCUT2D eigenvalue weighted by molar-refractivity contribution is 6.03. The van der Waals surface area contributed by atoms with E-state index in [0.29, 0.717) is 28.2 Å². The molecule has 0 atom stereocenters. The van der Waals surface area contributed by atoms with Crippen molar-refractivity contribution >= 4 is 21.9 Å². The predicted molar refractivity (Wildman–Crippen MR) is 142 cm³/mol. The first-order chi connectivity index (χ1) is 18.5. The van der Waals surface area contributed by atoms with E-state index in [1.807, 2.05) is 30.3 Å². The fourth-order valence-corrected chi connectivity index (χ4v) is 5.08. The minimum absolute atomic E-state index is 0.148. The van der Waals surface area contributed by atoms with Crippen LogP contribution in [0.3, 0.4) is 0 Å². The van der Waals surface area contributed by atoms with Crippen LogP contribution in [0.4, 0.5) is 8.78 Å². The van der Waals surface area contributed by atoms with Gasteiger partial charge in [0.15, 0.2) is 5.75 Å². The smallest absolute Gasteiger partial charge is 0.251 e. The summed E-state index contributed by atoms with van der Waals surface area (Å²) in [6.07, 6.45) is 0. The zero-order valence-electron chi connectivity index (χ0n) is 20.0. The SMILES string of the molecule is O=c1ccc2c(-c3ccc(F)cc3)cc(-c3ccc(F)cc3)c3c2n1Cc1nc2ccccc2nc1CO3. The number of hydrogen-bond acceptors (Lipinski definition) is 4. The number of nitrogens with zero attached hydrogens (tertiary/aromatic N) is 3. The first-order valence-electron chi connectivity index (χ1n) is 12.1. The maximum Gasteiger partial charge on any atom is 0.251 e. The van der Waals surface area contributed by atoms with Gasteiger partial charge in [0.1, 0.15) is 23.9 Å². The van der Waals surface area contributed by atoms with Crippen molar-refractivity contribution in [1.82, 2.24) is 14.5 Å². The van der Waals surface area contributed by atoms with E-state index in [4.69, 9.17) is 14.7 Å². The van der Waals surface area contributed by atoms with Gasteiger partial charge in [0.2, 0.25) is 0 Å². The third-order valence-electron chi connectivity index (χ3n) is 6.92. The molecule has 0 radical (unpaired) electrons. The zero-order chi connectivity index (χ0) is 25.8. The van der Waals surface area contributed by atoms with Crippen molar-refractivity contribution in [1.29, 1.82) is 0 Å². The Kier molecular flexibility index (Phi) is 5.04. The maximum absolute atomic E-state index is 13.8. The van der Waals surface area contributed by atoms with Crippen molar-refractivity contribution in [2.24, 2.45) is 0 Å². The molecule has 3 heterocycles. The molecule has 38 heavy (non-hydrogen) atoms. The lowest BCUT2D eigenvalue weighted by Gasteiger charge is -2.24. The highest BCUT2D eigenvalue weighted by Crippen LogP contribution is 2.43. The molecule has 184 valence electrons. The Labute approximate surface area is 215 Å². The monoisotopic (exact) mass is 503 g/mol. The van der Waals surface area contributed by atoms with Gasteiger partial charge in [0.05, 0.1) is 28.8 Å². The van der Waals surface area contributed by atoms with Crippen LogP contribution < -0.4 is 10.3 Å². The van der Waals surface area contributed by atoms with Gasteiger partial charge < -0.3 is 4.74 Å². The average Bonchev–Trinajstić information content (AvgIpc) is 2.92. The van der Waals surface area contributed by atoms with E-state index in [1.165, 1.54) is 30.3 Å². The lowest BCUT2D eigenvalue weighted by Crippen LogP contribution is -2.24. The molecular formula is C31H19F2N3O2. The molecule has 7 rings (SSSR count). The van der Waals surface area contributed by atoms with E-state index in [-0.39, 0.29) is 30.3 Å². The summed E-state index contributed by atoms with van der Waals surface area (Å²) in [4.78, 5) is 22.9. The number of hydrogen-bond donors (Lipinski definition) is 0. The second kappa shape index (κ2) is 8.59. The van der Waals surface area contributed by atoms with Crippen molar-refractivity contribution in [3.8, 4) is 28.0 Å². The number of halogens is 2. The third kappa shape index (κ3) is 3.63. The van der Waals surface area contributed by atoms with Gasteiger partial charge in [-0.25, -0.2) is 18.7 Å². The van der Waals surface area contributed by atoms with Crippen LogP contribution in [-0.4, -0.2) is 14.5 Å². The molecular weight excluding hydrogens is 484 g/mol. The average molecular weight is 504 g/mol. The Hall–Kier alpha value is -4.91. The van der Waals surface area contributed by atoms with E-state index < -0.39 is 0 Å². The lowest BCUT2D eigenvalue weighted by atomic mass is 9.93. The van der Waals surface area contributed by atoms with Gasteiger partial charge in [-0.2, -0.15) is 0 Å². The number of fused-ring (bicyclic) bond motifs is 2. The fourth-order valence-electron chi connectivity index (χ4n) is 5.08. The second-order valence-corrected chi connectivity index (χ2v) is 9.23. The molecule has 4 aromatic carbocycles. The number of para-hydroxylation sites is 2. The van der Waals surface area contributed by atoms with Crippen LogP contribution in [0.2, 0.25) is 0 Å². The van der Waals surface area contributed by atoms with Crippen LogP contribution in [0.5, 0.6) is 5.75 Å². The summed E-state index contributed by atoms with van der Waals surface area (Å²) in [5.41, 5.74) is 6.14. The fraction of sp³-hybridized carbons (Fsp3) is 0.0645. The van der Waals surface area contributed by atoms with Gasteiger partial charge in [-0.05, 0) is 65.2 Å². The summed E-state index contributed by atoms with van der Waals surface area (Å²) in [7, 11) is 0.